The maximum Gasteiger partial charge on any atom is 0.134 e. The highest BCUT2D eigenvalue weighted by atomic mass is 35.5. The minimum atomic E-state index is 0.455. The highest BCUT2D eigenvalue weighted by molar-refractivity contribution is 6.30. The molecule has 1 aromatic carbocycles. The molecule has 3 rings (SSSR count). The average Bonchev–Trinajstić information content (AvgIpc) is 2.54. The maximum absolute atomic E-state index is 6.35. The van der Waals surface area contributed by atoms with Crippen LogP contribution in [0.25, 0.3) is 5.76 Å². The molecule has 2 heterocycles. The summed E-state index contributed by atoms with van der Waals surface area (Å²) in [5, 5.41) is 0.740. The van der Waals surface area contributed by atoms with Gasteiger partial charge in [0.1, 0.15) is 11.5 Å². The lowest BCUT2D eigenvalue weighted by Gasteiger charge is -2.37. The largest absolute Gasteiger partial charge is 0.460 e. The van der Waals surface area contributed by atoms with Gasteiger partial charge in [0.25, 0.3) is 0 Å². The topological polar surface area (TPSA) is 12.5 Å². The van der Waals surface area contributed by atoms with E-state index in [4.69, 9.17) is 16.3 Å². The summed E-state index contributed by atoms with van der Waals surface area (Å²) in [6, 6.07) is 7.81. The zero-order valence-corrected chi connectivity index (χ0v) is 14.7. The summed E-state index contributed by atoms with van der Waals surface area (Å²) in [6.07, 6.45) is 5.66. The first-order valence-corrected chi connectivity index (χ1v) is 8.72. The lowest BCUT2D eigenvalue weighted by molar-refractivity contribution is 0.204. The molecule has 0 N–H and O–H groups in total. The van der Waals surface area contributed by atoms with Gasteiger partial charge in [-0.3, -0.25) is 0 Å². The molecule has 0 amide bonds. The summed E-state index contributed by atoms with van der Waals surface area (Å²) < 4.78 is 6.35. The maximum atomic E-state index is 6.35. The van der Waals surface area contributed by atoms with Crippen LogP contribution in [0.4, 0.5) is 0 Å². The van der Waals surface area contributed by atoms with E-state index < -0.39 is 0 Å². The van der Waals surface area contributed by atoms with Crippen LogP contribution in [-0.2, 0) is 4.74 Å². The standard InChI is InChI=1S/C20H24ClNO/c1-4-5-6-16-12-22(3)13-18-14(2)11-19(23-20(16)18)15-7-9-17(21)10-8-15/h7-11,16H,2,4-6,12-13H2,1,3H3. The van der Waals surface area contributed by atoms with E-state index >= 15 is 0 Å². The second kappa shape index (κ2) is 6.94. The fourth-order valence-electron chi connectivity index (χ4n) is 3.35. The average molecular weight is 330 g/mol. The van der Waals surface area contributed by atoms with Gasteiger partial charge in [-0.1, -0.05) is 37.9 Å². The van der Waals surface area contributed by atoms with Gasteiger partial charge in [0, 0.05) is 35.2 Å². The van der Waals surface area contributed by atoms with Crippen molar-refractivity contribution in [3.05, 3.63) is 64.4 Å². The Labute approximate surface area is 144 Å². The Morgan fingerprint density at radius 1 is 1.30 bits per heavy atom. The highest BCUT2D eigenvalue weighted by Gasteiger charge is 2.31. The molecule has 1 atom stereocenters. The number of nitrogens with zero attached hydrogens (tertiary/aromatic N) is 1. The Morgan fingerprint density at radius 3 is 2.74 bits per heavy atom. The van der Waals surface area contributed by atoms with E-state index in [2.05, 4.69) is 31.5 Å². The first-order chi connectivity index (χ1) is 11.1. The van der Waals surface area contributed by atoms with Crippen molar-refractivity contribution < 1.29 is 4.74 Å². The molecule has 3 heteroatoms. The summed E-state index contributed by atoms with van der Waals surface area (Å²) >= 11 is 5.99. The molecule has 0 saturated carbocycles. The van der Waals surface area contributed by atoms with Crippen molar-refractivity contribution in [1.82, 2.24) is 4.90 Å². The summed E-state index contributed by atoms with van der Waals surface area (Å²) in [7, 11) is 2.18. The molecule has 0 radical (unpaired) electrons. The Bertz CT molecular complexity index is 657. The molecule has 1 aromatic rings. The van der Waals surface area contributed by atoms with E-state index in [0.717, 1.165) is 40.8 Å². The van der Waals surface area contributed by atoms with Crippen LogP contribution in [0.1, 0.15) is 31.7 Å². The van der Waals surface area contributed by atoms with Gasteiger partial charge in [-0.15, -0.1) is 0 Å². The first kappa shape index (κ1) is 16.4. The molecular formula is C20H24ClNO. The van der Waals surface area contributed by atoms with Crippen molar-refractivity contribution in [1.29, 1.82) is 0 Å². The van der Waals surface area contributed by atoms with Crippen molar-refractivity contribution >= 4 is 17.4 Å². The smallest absolute Gasteiger partial charge is 0.134 e. The fourth-order valence-corrected chi connectivity index (χ4v) is 3.47. The molecule has 1 unspecified atom stereocenters. The van der Waals surface area contributed by atoms with Crippen LogP contribution < -0.4 is 0 Å². The van der Waals surface area contributed by atoms with Crippen LogP contribution in [0.5, 0.6) is 0 Å². The van der Waals surface area contributed by atoms with E-state index in [1.54, 1.807) is 0 Å². The summed E-state index contributed by atoms with van der Waals surface area (Å²) in [5.74, 6) is 2.47. The Balaban J connectivity index is 1.89. The van der Waals surface area contributed by atoms with Gasteiger partial charge in [0.05, 0.1) is 0 Å². The van der Waals surface area contributed by atoms with Gasteiger partial charge in [-0.25, -0.2) is 0 Å². The summed E-state index contributed by atoms with van der Waals surface area (Å²) in [5.41, 5.74) is 3.39. The minimum Gasteiger partial charge on any atom is -0.460 e. The van der Waals surface area contributed by atoms with Gasteiger partial charge in [-0.05, 0) is 49.4 Å². The highest BCUT2D eigenvalue weighted by Crippen LogP contribution is 2.39. The second-order valence-corrected chi connectivity index (χ2v) is 6.96. The predicted molar refractivity (Wildman–Crippen MR) is 97.2 cm³/mol. The van der Waals surface area contributed by atoms with E-state index in [-0.39, 0.29) is 0 Å². The number of likely N-dealkylation sites (N-methyl/N-ethyl adjacent to an activating group) is 1. The third-order valence-electron chi connectivity index (χ3n) is 4.58. The van der Waals surface area contributed by atoms with Crippen LogP contribution in [0.3, 0.4) is 0 Å². The van der Waals surface area contributed by atoms with Crippen molar-refractivity contribution in [2.75, 3.05) is 20.1 Å². The molecule has 122 valence electrons. The molecule has 23 heavy (non-hydrogen) atoms. The number of halogens is 1. The molecule has 0 aromatic heterocycles. The van der Waals surface area contributed by atoms with Crippen LogP contribution in [-0.4, -0.2) is 25.0 Å². The Morgan fingerprint density at radius 2 is 2.04 bits per heavy atom. The number of hydrogen-bond acceptors (Lipinski definition) is 2. The zero-order valence-electron chi connectivity index (χ0n) is 13.9. The van der Waals surface area contributed by atoms with Gasteiger partial charge < -0.3 is 9.64 Å². The lowest BCUT2D eigenvalue weighted by Crippen LogP contribution is -2.36. The molecule has 0 bridgehead atoms. The van der Waals surface area contributed by atoms with Crippen LogP contribution in [0.2, 0.25) is 5.02 Å². The molecule has 2 aliphatic heterocycles. The number of ether oxygens (including phenoxy) is 1. The molecular weight excluding hydrogens is 306 g/mol. The number of benzene rings is 1. The minimum absolute atomic E-state index is 0.455. The first-order valence-electron chi connectivity index (χ1n) is 8.35. The molecule has 0 fully saturated rings. The third-order valence-corrected chi connectivity index (χ3v) is 4.83. The van der Waals surface area contributed by atoms with Crippen LogP contribution in [0.15, 0.2) is 53.8 Å². The van der Waals surface area contributed by atoms with Crippen LogP contribution in [0, 0.1) is 5.92 Å². The summed E-state index contributed by atoms with van der Waals surface area (Å²) in [6.45, 7) is 8.49. The lowest BCUT2D eigenvalue weighted by atomic mass is 9.88. The summed E-state index contributed by atoms with van der Waals surface area (Å²) in [4.78, 5) is 2.37. The van der Waals surface area contributed by atoms with Gasteiger partial charge in [0.15, 0.2) is 0 Å². The zero-order chi connectivity index (χ0) is 16.4. The molecule has 2 nitrogen and oxygen atoms in total. The quantitative estimate of drug-likeness (QED) is 0.745. The van der Waals surface area contributed by atoms with Gasteiger partial charge in [0.2, 0.25) is 0 Å². The van der Waals surface area contributed by atoms with E-state index in [0.29, 0.717) is 5.92 Å². The van der Waals surface area contributed by atoms with Crippen molar-refractivity contribution in [2.24, 2.45) is 5.92 Å². The second-order valence-electron chi connectivity index (χ2n) is 6.52. The molecule has 2 aliphatic rings. The SMILES string of the molecule is C=C1C=C(c2ccc(Cl)cc2)OC2=C1CN(C)CC2CCCC. The third kappa shape index (κ3) is 3.54. The van der Waals surface area contributed by atoms with Gasteiger partial charge >= 0.3 is 0 Å². The number of allylic oxidation sites excluding steroid dienone is 1. The van der Waals surface area contributed by atoms with E-state index in [1.807, 2.05) is 24.3 Å². The predicted octanol–water partition coefficient (Wildman–Crippen LogP) is 5.27. The molecule has 0 spiro atoms. The van der Waals surface area contributed by atoms with Crippen LogP contribution >= 0.6 is 11.6 Å². The van der Waals surface area contributed by atoms with Crippen molar-refractivity contribution in [3.8, 4) is 0 Å². The van der Waals surface area contributed by atoms with Crippen molar-refractivity contribution in [3.63, 3.8) is 0 Å². The molecule has 0 aliphatic carbocycles. The normalized spacial score (nSPS) is 21.8. The van der Waals surface area contributed by atoms with E-state index in [9.17, 15) is 0 Å². The number of unbranched alkanes of at least 4 members (excludes halogenated alkanes) is 1. The Kier molecular flexibility index (Phi) is 4.93. The van der Waals surface area contributed by atoms with Gasteiger partial charge in [-0.2, -0.15) is 0 Å². The number of hydrogen-bond donors (Lipinski definition) is 0. The monoisotopic (exact) mass is 329 g/mol. The van der Waals surface area contributed by atoms with Crippen molar-refractivity contribution in [2.45, 2.75) is 26.2 Å². The van der Waals surface area contributed by atoms with E-state index in [1.165, 1.54) is 24.8 Å². The molecule has 0 saturated heterocycles. The number of rotatable bonds is 4. The Hall–Kier alpha value is -1.51. The fraction of sp³-hybridized carbons (Fsp3) is 0.400.